The molecule has 0 spiro atoms. The molecule has 0 bridgehead atoms. The fourth-order valence-corrected chi connectivity index (χ4v) is 6.12. The summed E-state index contributed by atoms with van der Waals surface area (Å²) in [6.45, 7) is 5.54. The van der Waals surface area contributed by atoms with E-state index in [2.05, 4.69) is 5.32 Å². The predicted octanol–water partition coefficient (Wildman–Crippen LogP) is 2.74. The summed E-state index contributed by atoms with van der Waals surface area (Å²) in [5.74, 6) is -1.07. The summed E-state index contributed by atoms with van der Waals surface area (Å²) >= 11 is 0. The van der Waals surface area contributed by atoms with Gasteiger partial charge in [-0.3, -0.25) is 9.80 Å². The number of piperazine rings is 1. The van der Waals surface area contributed by atoms with E-state index >= 15 is 0 Å². The maximum Gasteiger partial charge on any atom is 0.338 e. The van der Waals surface area contributed by atoms with Crippen LogP contribution in [0.5, 0.6) is 0 Å². The molecular formula is C26H31FN4O5S. The van der Waals surface area contributed by atoms with Crippen molar-refractivity contribution in [2.75, 3.05) is 45.9 Å². The second-order valence-electron chi connectivity index (χ2n) is 8.76. The number of likely N-dealkylation sites (N-methyl/N-ethyl adjacent to an activating group) is 1. The van der Waals surface area contributed by atoms with Crippen LogP contribution in [0.3, 0.4) is 0 Å². The number of carbonyl (C=O) groups is 2. The molecule has 2 heterocycles. The largest absolute Gasteiger partial charge is 0.463 e. The third-order valence-corrected chi connectivity index (χ3v) is 8.43. The zero-order valence-electron chi connectivity index (χ0n) is 20.9. The fraction of sp³-hybridized carbons (Fsp3) is 0.385. The number of sulfonamides is 1. The molecular weight excluding hydrogens is 499 g/mol. The van der Waals surface area contributed by atoms with Crippen molar-refractivity contribution in [3.05, 3.63) is 77.2 Å². The first kappa shape index (κ1) is 26.8. The Morgan fingerprint density at radius 1 is 1.05 bits per heavy atom. The number of hydrogen-bond acceptors (Lipinski definition) is 6. The van der Waals surface area contributed by atoms with Crippen molar-refractivity contribution < 1.29 is 27.1 Å². The topological polar surface area (TPSA) is 99.3 Å². The third-order valence-electron chi connectivity index (χ3n) is 6.52. The molecule has 2 aromatic carbocycles. The van der Waals surface area contributed by atoms with Crippen LogP contribution in [0.15, 0.2) is 70.8 Å². The van der Waals surface area contributed by atoms with Gasteiger partial charge in [0.05, 0.1) is 23.1 Å². The van der Waals surface area contributed by atoms with E-state index in [1.807, 2.05) is 4.90 Å². The fourth-order valence-electron chi connectivity index (χ4n) is 4.68. The van der Waals surface area contributed by atoms with Crippen molar-refractivity contribution in [1.29, 1.82) is 0 Å². The minimum Gasteiger partial charge on any atom is -0.463 e. The van der Waals surface area contributed by atoms with E-state index in [0.29, 0.717) is 30.9 Å². The summed E-state index contributed by atoms with van der Waals surface area (Å²) in [6, 6.07) is 12.8. The number of halogens is 1. The number of rotatable bonds is 8. The van der Waals surface area contributed by atoms with Crippen LogP contribution < -0.4 is 5.32 Å². The van der Waals surface area contributed by atoms with E-state index in [9.17, 15) is 22.4 Å². The molecule has 1 N–H and O–H groups in total. The molecule has 11 heteroatoms. The molecule has 2 aliphatic heterocycles. The molecule has 0 saturated carbocycles. The van der Waals surface area contributed by atoms with Crippen molar-refractivity contribution in [2.45, 2.75) is 24.8 Å². The highest BCUT2D eigenvalue weighted by atomic mass is 32.2. The van der Waals surface area contributed by atoms with Gasteiger partial charge in [0.1, 0.15) is 5.82 Å². The van der Waals surface area contributed by atoms with Gasteiger partial charge >= 0.3 is 12.0 Å². The first-order valence-electron chi connectivity index (χ1n) is 12.3. The Kier molecular flexibility index (Phi) is 8.25. The van der Waals surface area contributed by atoms with Crippen LogP contribution in [0, 0.1) is 5.82 Å². The van der Waals surface area contributed by atoms with E-state index in [4.69, 9.17) is 4.74 Å². The number of carbonyl (C=O) groups excluding carboxylic acids is 2. The van der Waals surface area contributed by atoms with Gasteiger partial charge in [-0.2, -0.15) is 4.31 Å². The first-order chi connectivity index (χ1) is 17.8. The molecule has 0 radical (unpaired) electrons. The zero-order valence-corrected chi connectivity index (χ0v) is 21.7. The van der Waals surface area contributed by atoms with Crippen molar-refractivity contribution >= 4 is 22.0 Å². The van der Waals surface area contributed by atoms with Gasteiger partial charge in [0, 0.05) is 45.0 Å². The molecule has 1 saturated heterocycles. The van der Waals surface area contributed by atoms with Crippen LogP contribution in [-0.2, 0) is 19.6 Å². The second kappa shape index (κ2) is 11.4. The zero-order chi connectivity index (χ0) is 26.6. The van der Waals surface area contributed by atoms with Crippen molar-refractivity contribution in [1.82, 2.24) is 19.4 Å². The van der Waals surface area contributed by atoms with E-state index in [0.717, 1.165) is 0 Å². The van der Waals surface area contributed by atoms with Gasteiger partial charge < -0.3 is 10.1 Å². The van der Waals surface area contributed by atoms with Crippen LogP contribution in [0.1, 0.15) is 25.5 Å². The lowest BCUT2D eigenvalue weighted by Crippen LogP contribution is -2.53. The maximum atomic E-state index is 14.0. The Labute approximate surface area is 216 Å². The van der Waals surface area contributed by atoms with Crippen LogP contribution in [0.2, 0.25) is 0 Å². The summed E-state index contributed by atoms with van der Waals surface area (Å²) in [4.78, 5) is 29.9. The average Bonchev–Trinajstić information content (AvgIpc) is 2.89. The molecule has 1 atom stereocenters. The predicted molar refractivity (Wildman–Crippen MR) is 135 cm³/mol. The highest BCUT2D eigenvalue weighted by Crippen LogP contribution is 2.32. The van der Waals surface area contributed by atoms with Crippen LogP contribution in [0.25, 0.3) is 0 Å². The molecule has 198 valence electrons. The number of nitrogens with zero attached hydrogens (tertiary/aromatic N) is 3. The Bertz CT molecular complexity index is 1280. The lowest BCUT2D eigenvalue weighted by molar-refractivity contribution is -0.139. The van der Waals surface area contributed by atoms with E-state index < -0.39 is 33.9 Å². The molecule has 0 aromatic heterocycles. The van der Waals surface area contributed by atoms with Gasteiger partial charge in [-0.1, -0.05) is 30.3 Å². The second-order valence-corrected chi connectivity index (χ2v) is 10.7. The molecule has 4 rings (SSSR count). The lowest BCUT2D eigenvalue weighted by atomic mass is 9.94. The highest BCUT2D eigenvalue weighted by molar-refractivity contribution is 7.89. The minimum absolute atomic E-state index is 0.140. The minimum atomic E-state index is -3.61. The first-order valence-corrected chi connectivity index (χ1v) is 13.7. The standard InChI is InChI=1S/C26H31FN4O5S/c1-3-31-22(18-29-13-15-30(16-14-29)37(34,35)21-11-6-5-7-12-21)23(25(32)36-4-2)24(28-26(31)33)19-9-8-10-20(27)17-19/h5-12,17,24H,3-4,13-16,18H2,1-2H3,(H,28,33)/t24-/m1/s1. The number of amides is 2. The number of benzene rings is 2. The van der Waals surface area contributed by atoms with E-state index in [1.165, 1.54) is 27.4 Å². The summed E-state index contributed by atoms with van der Waals surface area (Å²) in [5, 5.41) is 2.82. The normalized spacial score (nSPS) is 19.6. The van der Waals surface area contributed by atoms with Crippen LogP contribution in [0.4, 0.5) is 9.18 Å². The molecule has 2 aliphatic rings. The van der Waals surface area contributed by atoms with Crippen molar-refractivity contribution in [3.8, 4) is 0 Å². The van der Waals surface area contributed by atoms with E-state index in [-0.39, 0.29) is 36.7 Å². The van der Waals surface area contributed by atoms with Gasteiger partial charge in [-0.05, 0) is 43.7 Å². The summed E-state index contributed by atoms with van der Waals surface area (Å²) in [5.41, 5.74) is 1.15. The Morgan fingerprint density at radius 3 is 2.38 bits per heavy atom. The average molecular weight is 531 g/mol. The Hall–Kier alpha value is -3.28. The van der Waals surface area contributed by atoms with Gasteiger partial charge in [0.15, 0.2) is 0 Å². The molecule has 2 aromatic rings. The molecule has 37 heavy (non-hydrogen) atoms. The van der Waals surface area contributed by atoms with Crippen molar-refractivity contribution in [3.63, 3.8) is 0 Å². The third kappa shape index (κ3) is 5.68. The molecule has 0 aliphatic carbocycles. The smallest absolute Gasteiger partial charge is 0.338 e. The maximum absolute atomic E-state index is 14.0. The number of hydrogen-bond donors (Lipinski definition) is 1. The molecule has 2 amide bonds. The Morgan fingerprint density at radius 2 is 1.76 bits per heavy atom. The summed E-state index contributed by atoms with van der Waals surface area (Å²) < 4.78 is 46.9. The van der Waals surface area contributed by atoms with Crippen molar-refractivity contribution in [2.24, 2.45) is 0 Å². The monoisotopic (exact) mass is 530 g/mol. The number of esters is 1. The number of ether oxygens (including phenoxy) is 1. The number of urea groups is 1. The van der Waals surface area contributed by atoms with E-state index in [1.54, 1.807) is 50.2 Å². The van der Waals surface area contributed by atoms with Crippen LogP contribution >= 0.6 is 0 Å². The van der Waals surface area contributed by atoms with Gasteiger partial charge in [-0.25, -0.2) is 22.4 Å². The molecule has 0 unspecified atom stereocenters. The quantitative estimate of drug-likeness (QED) is 0.527. The SMILES string of the molecule is CCOC(=O)C1=C(CN2CCN(S(=O)(=O)c3ccccc3)CC2)N(CC)C(=O)N[C@@H]1c1cccc(F)c1. The summed E-state index contributed by atoms with van der Waals surface area (Å²) in [7, 11) is -3.61. The highest BCUT2D eigenvalue weighted by Gasteiger charge is 2.39. The molecule has 1 fully saturated rings. The van der Waals surface area contributed by atoms with Gasteiger partial charge in [-0.15, -0.1) is 0 Å². The lowest BCUT2D eigenvalue weighted by Gasteiger charge is -2.40. The van der Waals surface area contributed by atoms with Gasteiger partial charge in [0.2, 0.25) is 10.0 Å². The van der Waals surface area contributed by atoms with Gasteiger partial charge in [0.25, 0.3) is 0 Å². The number of nitrogens with one attached hydrogen (secondary N) is 1. The van der Waals surface area contributed by atoms with Crippen LogP contribution in [-0.4, -0.2) is 80.4 Å². The summed E-state index contributed by atoms with van der Waals surface area (Å²) in [6.07, 6.45) is 0. The molecule has 9 nitrogen and oxygen atoms in total. The Balaban J connectivity index is 1.62.